The summed E-state index contributed by atoms with van der Waals surface area (Å²) in [5.74, 6) is -0.623. The SMILES string of the molecule is CC(C)C(C)(C)[Si](C)(C)Oc1ccc(F)cc1F. The van der Waals surface area contributed by atoms with Crippen molar-refractivity contribution in [2.24, 2.45) is 5.92 Å². The van der Waals surface area contributed by atoms with E-state index < -0.39 is 20.0 Å². The highest BCUT2D eigenvalue weighted by Crippen LogP contribution is 2.45. The van der Waals surface area contributed by atoms with Crippen LogP contribution in [0.25, 0.3) is 0 Å². The number of hydrogen-bond donors (Lipinski definition) is 0. The van der Waals surface area contributed by atoms with Gasteiger partial charge in [0.25, 0.3) is 8.32 Å². The lowest BCUT2D eigenvalue weighted by molar-refractivity contribution is 0.383. The topological polar surface area (TPSA) is 9.23 Å². The van der Waals surface area contributed by atoms with Crippen molar-refractivity contribution in [3.05, 3.63) is 29.8 Å². The Bertz CT molecular complexity index is 428. The van der Waals surface area contributed by atoms with Crippen LogP contribution in [-0.4, -0.2) is 8.32 Å². The third-order valence-electron chi connectivity index (χ3n) is 4.25. The number of benzene rings is 1. The maximum Gasteiger partial charge on any atom is 0.251 e. The summed E-state index contributed by atoms with van der Waals surface area (Å²) in [6.45, 7) is 12.7. The molecule has 0 aliphatic rings. The zero-order valence-electron chi connectivity index (χ0n) is 12.0. The minimum absolute atomic E-state index is 0.00612. The van der Waals surface area contributed by atoms with Crippen molar-refractivity contribution in [1.82, 2.24) is 0 Å². The molecule has 1 aromatic rings. The summed E-state index contributed by atoms with van der Waals surface area (Å²) in [4.78, 5) is 0. The summed E-state index contributed by atoms with van der Waals surface area (Å²) in [5.41, 5.74) is 0. The van der Waals surface area contributed by atoms with E-state index in [4.69, 9.17) is 4.43 Å². The highest BCUT2D eigenvalue weighted by molar-refractivity contribution is 6.74. The molecule has 0 saturated heterocycles. The number of rotatable bonds is 4. The van der Waals surface area contributed by atoms with Crippen LogP contribution in [0.4, 0.5) is 8.78 Å². The molecule has 102 valence electrons. The highest BCUT2D eigenvalue weighted by atomic mass is 28.4. The molecular formula is C14H22F2OSi. The minimum Gasteiger partial charge on any atom is -0.542 e. The van der Waals surface area contributed by atoms with Crippen LogP contribution in [0.2, 0.25) is 18.1 Å². The first kappa shape index (κ1) is 15.2. The van der Waals surface area contributed by atoms with E-state index in [9.17, 15) is 8.78 Å². The molecular weight excluding hydrogens is 250 g/mol. The van der Waals surface area contributed by atoms with Gasteiger partial charge < -0.3 is 4.43 Å². The van der Waals surface area contributed by atoms with E-state index in [0.717, 1.165) is 6.07 Å². The lowest BCUT2D eigenvalue weighted by atomic mass is 9.99. The lowest BCUT2D eigenvalue weighted by Crippen LogP contribution is -2.48. The van der Waals surface area contributed by atoms with Crippen molar-refractivity contribution in [2.75, 3.05) is 0 Å². The van der Waals surface area contributed by atoms with Gasteiger partial charge in [-0.1, -0.05) is 27.7 Å². The Labute approximate surface area is 109 Å². The van der Waals surface area contributed by atoms with Crippen LogP contribution in [0.15, 0.2) is 18.2 Å². The summed E-state index contributed by atoms with van der Waals surface area (Å²) in [5, 5.41) is -0.00612. The molecule has 0 N–H and O–H groups in total. The molecule has 0 heterocycles. The van der Waals surface area contributed by atoms with Gasteiger partial charge in [-0.05, 0) is 36.2 Å². The Morgan fingerprint density at radius 1 is 1.17 bits per heavy atom. The maximum atomic E-state index is 13.6. The molecule has 0 amide bonds. The molecule has 1 nitrogen and oxygen atoms in total. The smallest absolute Gasteiger partial charge is 0.251 e. The van der Waals surface area contributed by atoms with Crippen LogP contribution in [0, 0.1) is 17.6 Å². The monoisotopic (exact) mass is 272 g/mol. The van der Waals surface area contributed by atoms with Gasteiger partial charge in [0.2, 0.25) is 0 Å². The van der Waals surface area contributed by atoms with E-state index in [2.05, 4.69) is 40.8 Å². The van der Waals surface area contributed by atoms with Crippen LogP contribution < -0.4 is 4.43 Å². The standard InChI is InChI=1S/C14H22F2OSi/c1-10(2)14(3,4)18(5,6)17-13-8-7-11(15)9-12(13)16/h7-10H,1-6H3. The van der Waals surface area contributed by atoms with E-state index in [0.29, 0.717) is 5.92 Å². The van der Waals surface area contributed by atoms with Gasteiger partial charge in [-0.25, -0.2) is 8.78 Å². The second-order valence-corrected chi connectivity index (χ2v) is 10.6. The van der Waals surface area contributed by atoms with Crippen molar-refractivity contribution in [1.29, 1.82) is 0 Å². The Hall–Kier alpha value is -0.903. The van der Waals surface area contributed by atoms with Crippen molar-refractivity contribution < 1.29 is 13.2 Å². The normalized spacial score (nSPS) is 12.9. The van der Waals surface area contributed by atoms with E-state index in [1.165, 1.54) is 12.1 Å². The summed E-state index contributed by atoms with van der Waals surface area (Å²) in [7, 11) is -2.15. The fourth-order valence-corrected chi connectivity index (χ4v) is 4.03. The minimum atomic E-state index is -2.15. The maximum absolute atomic E-state index is 13.6. The molecule has 1 rings (SSSR count). The van der Waals surface area contributed by atoms with E-state index >= 15 is 0 Å². The zero-order valence-corrected chi connectivity index (χ0v) is 13.0. The predicted molar refractivity (Wildman–Crippen MR) is 73.3 cm³/mol. The van der Waals surface area contributed by atoms with Gasteiger partial charge in [-0.2, -0.15) is 0 Å². The van der Waals surface area contributed by atoms with Gasteiger partial charge in [-0.15, -0.1) is 0 Å². The first-order valence-corrected chi connectivity index (χ1v) is 9.13. The molecule has 0 aliphatic carbocycles. The number of hydrogen-bond acceptors (Lipinski definition) is 1. The quantitative estimate of drug-likeness (QED) is 0.702. The fourth-order valence-electron chi connectivity index (χ4n) is 1.66. The molecule has 0 saturated carbocycles. The van der Waals surface area contributed by atoms with Gasteiger partial charge in [-0.3, -0.25) is 0 Å². The zero-order chi connectivity index (χ0) is 14.1. The molecule has 1 aromatic carbocycles. The second kappa shape index (κ2) is 5.00. The third-order valence-corrected chi connectivity index (χ3v) is 8.67. The molecule has 0 unspecified atom stereocenters. The van der Waals surface area contributed by atoms with Gasteiger partial charge in [0.1, 0.15) is 11.6 Å². The van der Waals surface area contributed by atoms with Crippen LogP contribution in [-0.2, 0) is 0 Å². The molecule has 0 aromatic heterocycles. The summed E-state index contributed by atoms with van der Waals surface area (Å²) in [6.07, 6.45) is 0. The third kappa shape index (κ3) is 2.91. The molecule has 18 heavy (non-hydrogen) atoms. The Balaban J connectivity index is 3.02. The van der Waals surface area contributed by atoms with Crippen molar-refractivity contribution >= 4 is 8.32 Å². The molecule has 4 heteroatoms. The van der Waals surface area contributed by atoms with Crippen molar-refractivity contribution in [3.8, 4) is 5.75 Å². The van der Waals surface area contributed by atoms with Crippen LogP contribution in [0.5, 0.6) is 5.75 Å². The van der Waals surface area contributed by atoms with Crippen LogP contribution in [0.3, 0.4) is 0 Å². The molecule has 0 spiro atoms. The molecule has 0 fully saturated rings. The second-order valence-electron chi connectivity index (χ2n) is 6.06. The summed E-state index contributed by atoms with van der Waals surface area (Å²) >= 11 is 0. The van der Waals surface area contributed by atoms with Crippen molar-refractivity contribution in [2.45, 2.75) is 45.8 Å². The largest absolute Gasteiger partial charge is 0.542 e. The van der Waals surface area contributed by atoms with E-state index in [1.54, 1.807) is 0 Å². The van der Waals surface area contributed by atoms with E-state index in [1.807, 2.05) is 0 Å². The summed E-state index contributed by atoms with van der Waals surface area (Å²) in [6, 6.07) is 3.46. The Kier molecular flexibility index (Phi) is 4.21. The Morgan fingerprint density at radius 3 is 2.17 bits per heavy atom. The van der Waals surface area contributed by atoms with Gasteiger partial charge >= 0.3 is 0 Å². The average molecular weight is 272 g/mol. The first-order valence-electron chi connectivity index (χ1n) is 6.22. The average Bonchev–Trinajstić information content (AvgIpc) is 2.21. The Morgan fingerprint density at radius 2 is 1.72 bits per heavy atom. The molecule has 0 atom stereocenters. The lowest BCUT2D eigenvalue weighted by Gasteiger charge is -2.42. The van der Waals surface area contributed by atoms with Crippen LogP contribution >= 0.6 is 0 Å². The predicted octanol–water partition coefficient (Wildman–Crippen LogP) is 4.98. The first-order chi connectivity index (χ1) is 8.08. The summed E-state index contributed by atoms with van der Waals surface area (Å²) < 4.78 is 32.4. The number of halogens is 2. The van der Waals surface area contributed by atoms with Gasteiger partial charge in [0.05, 0.1) is 0 Å². The van der Waals surface area contributed by atoms with Gasteiger partial charge in [0.15, 0.2) is 5.82 Å². The van der Waals surface area contributed by atoms with Crippen molar-refractivity contribution in [3.63, 3.8) is 0 Å². The highest BCUT2D eigenvalue weighted by Gasteiger charge is 2.45. The fraction of sp³-hybridized carbons (Fsp3) is 0.571. The van der Waals surface area contributed by atoms with Crippen LogP contribution in [0.1, 0.15) is 27.7 Å². The van der Waals surface area contributed by atoms with E-state index in [-0.39, 0.29) is 10.8 Å². The molecule has 0 bridgehead atoms. The molecule has 0 radical (unpaired) electrons. The van der Waals surface area contributed by atoms with Gasteiger partial charge in [0, 0.05) is 6.07 Å². The molecule has 0 aliphatic heterocycles.